The third kappa shape index (κ3) is 9.29. The van der Waals surface area contributed by atoms with Gasteiger partial charge in [-0.2, -0.15) is 0 Å². The molecule has 0 saturated heterocycles. The Kier molecular flexibility index (Phi) is 11.9. The molecule has 0 saturated carbocycles. The molecule has 0 aliphatic carbocycles. The van der Waals surface area contributed by atoms with Crippen molar-refractivity contribution in [2.45, 2.75) is 99.3 Å². The Morgan fingerprint density at radius 3 is 1.91 bits per heavy atom. The minimum absolute atomic E-state index is 0. The standard InChI is InChI=1S/C63H62N3O.Pt/c1-39-24-26-42(27-25-39)44-30-31-64-54(37-44)47-34-46(35-49(36-47)62(7,8)9)51-21-17-23-56-58(51)65-60(52-38-48(61(4,5)6)33-41(3)59(52)67)66(56)55-29-28-45(32-40(55)2)57-50(43-18-14-13-15-19-43)20-16-22-53(57)63(10,11)12;/h13-33,35-38,67H,1-12H3;/q-1;/i2D3;. The normalized spacial score (nSPS) is 12.9. The molecule has 0 atom stereocenters. The molecule has 0 aliphatic heterocycles. The number of hydrogen-bond acceptors (Lipinski definition) is 3. The van der Waals surface area contributed by atoms with Crippen molar-refractivity contribution in [3.63, 3.8) is 0 Å². The fourth-order valence-electron chi connectivity index (χ4n) is 9.15. The van der Waals surface area contributed by atoms with E-state index in [4.69, 9.17) is 9.97 Å². The third-order valence-electron chi connectivity index (χ3n) is 13.0. The van der Waals surface area contributed by atoms with E-state index in [-0.39, 0.29) is 48.6 Å². The molecule has 7 aromatic carbocycles. The van der Waals surface area contributed by atoms with Crippen molar-refractivity contribution in [1.82, 2.24) is 14.5 Å². The number of fused-ring (bicyclic) bond motifs is 1. The second-order valence-electron chi connectivity index (χ2n) is 21.2. The first kappa shape index (κ1) is 44.2. The van der Waals surface area contributed by atoms with E-state index < -0.39 is 6.85 Å². The molecule has 2 aromatic heterocycles. The smallest absolute Gasteiger partial charge is 0.148 e. The molecule has 5 heteroatoms. The van der Waals surface area contributed by atoms with Crippen LogP contribution in [-0.2, 0) is 37.3 Å². The van der Waals surface area contributed by atoms with Crippen LogP contribution >= 0.6 is 0 Å². The number of hydrogen-bond donors (Lipinski definition) is 1. The number of imidazole rings is 1. The number of aromatic hydroxyl groups is 1. The monoisotopic (exact) mass is 1070 g/mol. The number of aromatic nitrogens is 3. The number of aryl methyl sites for hydroxylation is 3. The van der Waals surface area contributed by atoms with Crippen LogP contribution < -0.4 is 0 Å². The van der Waals surface area contributed by atoms with Crippen LogP contribution in [0.2, 0.25) is 0 Å². The van der Waals surface area contributed by atoms with Crippen molar-refractivity contribution in [3.8, 4) is 78.6 Å². The van der Waals surface area contributed by atoms with Crippen molar-refractivity contribution < 1.29 is 30.3 Å². The summed E-state index contributed by atoms with van der Waals surface area (Å²) in [5.41, 5.74) is 16.2. The predicted octanol–water partition coefficient (Wildman–Crippen LogP) is 16.7. The van der Waals surface area contributed by atoms with Gasteiger partial charge in [-0.25, -0.2) is 4.98 Å². The van der Waals surface area contributed by atoms with E-state index in [2.05, 4.69) is 154 Å². The minimum atomic E-state index is -2.55. The Morgan fingerprint density at radius 1 is 0.559 bits per heavy atom. The molecule has 0 amide bonds. The van der Waals surface area contributed by atoms with Crippen LogP contribution in [-0.4, -0.2) is 19.6 Å². The number of phenols is 1. The van der Waals surface area contributed by atoms with Gasteiger partial charge >= 0.3 is 0 Å². The summed E-state index contributed by atoms with van der Waals surface area (Å²) < 4.78 is 29.6. The molecule has 1 N–H and O–H groups in total. The molecule has 4 nitrogen and oxygen atoms in total. The Labute approximate surface area is 422 Å². The average Bonchev–Trinajstić information content (AvgIpc) is 3.70. The first-order valence-electron chi connectivity index (χ1n) is 24.8. The van der Waals surface area contributed by atoms with Crippen LogP contribution in [0.1, 0.15) is 99.8 Å². The van der Waals surface area contributed by atoms with E-state index in [1.807, 2.05) is 84.4 Å². The maximum Gasteiger partial charge on any atom is 0.148 e. The summed E-state index contributed by atoms with van der Waals surface area (Å²) in [4.78, 5) is 10.4. The summed E-state index contributed by atoms with van der Waals surface area (Å²) >= 11 is 0. The Balaban J connectivity index is 0.00000676. The largest absolute Gasteiger partial charge is 0.507 e. The molecule has 9 rings (SSSR count). The first-order chi connectivity index (χ1) is 33.0. The zero-order chi connectivity index (χ0) is 50.1. The second kappa shape index (κ2) is 18.3. The van der Waals surface area contributed by atoms with Crippen LogP contribution in [0.3, 0.4) is 0 Å². The van der Waals surface area contributed by atoms with Crippen molar-refractivity contribution in [2.75, 3.05) is 0 Å². The quantitative estimate of drug-likeness (QED) is 0.162. The third-order valence-corrected chi connectivity index (χ3v) is 13.0. The summed E-state index contributed by atoms with van der Waals surface area (Å²) in [7, 11) is 0. The second-order valence-corrected chi connectivity index (χ2v) is 21.2. The van der Waals surface area contributed by atoms with E-state index >= 15 is 0 Å². The molecule has 68 heavy (non-hydrogen) atoms. The van der Waals surface area contributed by atoms with Gasteiger partial charge in [0.2, 0.25) is 0 Å². The number of rotatable bonds is 7. The first-order valence-corrected chi connectivity index (χ1v) is 23.3. The van der Waals surface area contributed by atoms with Crippen molar-refractivity contribution in [3.05, 3.63) is 191 Å². The minimum Gasteiger partial charge on any atom is -0.507 e. The van der Waals surface area contributed by atoms with E-state index in [1.54, 1.807) is 0 Å². The summed E-state index contributed by atoms with van der Waals surface area (Å²) in [5, 5.41) is 12.1. The molecule has 0 spiro atoms. The van der Waals surface area contributed by atoms with Gasteiger partial charge < -0.3 is 5.11 Å². The van der Waals surface area contributed by atoms with Gasteiger partial charge in [0, 0.05) is 37.1 Å². The van der Waals surface area contributed by atoms with Gasteiger partial charge in [-0.05, 0) is 123 Å². The topological polar surface area (TPSA) is 50.9 Å². The van der Waals surface area contributed by atoms with Crippen LogP contribution in [0.4, 0.5) is 0 Å². The summed E-state index contributed by atoms with van der Waals surface area (Å²) in [6.45, 7) is 21.1. The van der Waals surface area contributed by atoms with E-state index in [9.17, 15) is 9.22 Å². The molecule has 346 valence electrons. The number of para-hydroxylation sites is 1. The Morgan fingerprint density at radius 2 is 1.22 bits per heavy atom. The van der Waals surface area contributed by atoms with Crippen LogP contribution in [0, 0.1) is 26.8 Å². The number of pyridine rings is 1. The Hall–Kier alpha value is -6.35. The molecule has 2 heterocycles. The predicted molar refractivity (Wildman–Crippen MR) is 282 cm³/mol. The van der Waals surface area contributed by atoms with Gasteiger partial charge in [-0.1, -0.05) is 182 Å². The van der Waals surface area contributed by atoms with Crippen LogP contribution in [0.25, 0.3) is 83.9 Å². The van der Waals surface area contributed by atoms with Gasteiger partial charge in [0.05, 0.1) is 22.3 Å². The van der Waals surface area contributed by atoms with E-state index in [0.717, 1.165) is 72.5 Å². The molecule has 0 radical (unpaired) electrons. The fraction of sp³-hybridized carbons (Fsp3) is 0.238. The SMILES string of the molecule is [2H]C([2H])([2H])c1cc(-c2c(-c3ccccc3)cccc2C(C)(C)C)ccc1-n1c(-c2cc(C(C)(C)C)cc(C)c2O)nc2c(-c3[c-]c(-c4cc(-c5ccc(C)cc5)ccn4)cc(C(C)(C)C)c3)cccc21.[Pt]. The zero-order valence-electron chi connectivity index (χ0n) is 44.0. The van der Waals surface area contributed by atoms with E-state index in [1.165, 1.54) is 5.56 Å². The maximum absolute atomic E-state index is 12.1. The van der Waals surface area contributed by atoms with Crippen molar-refractivity contribution >= 4 is 11.0 Å². The molecule has 9 aromatic rings. The average molecular weight is 1080 g/mol. The van der Waals surface area contributed by atoms with E-state index in [0.29, 0.717) is 33.7 Å². The number of phenolic OH excluding ortho intramolecular Hbond substituents is 1. The molecule has 0 aliphatic rings. The summed E-state index contributed by atoms with van der Waals surface area (Å²) in [6.07, 6.45) is 1.86. The number of benzene rings is 7. The molecule has 0 bridgehead atoms. The van der Waals surface area contributed by atoms with Gasteiger partial charge in [0.15, 0.2) is 0 Å². The molecular formula is C63H62N3OPt-. The van der Waals surface area contributed by atoms with Crippen LogP contribution in [0.5, 0.6) is 5.75 Å². The molecule has 0 unspecified atom stereocenters. The molecule has 0 fully saturated rings. The fourth-order valence-corrected chi connectivity index (χ4v) is 9.15. The van der Waals surface area contributed by atoms with Gasteiger partial charge in [-0.15, -0.1) is 29.3 Å². The van der Waals surface area contributed by atoms with Crippen molar-refractivity contribution in [2.24, 2.45) is 0 Å². The van der Waals surface area contributed by atoms with Crippen molar-refractivity contribution in [1.29, 1.82) is 0 Å². The maximum atomic E-state index is 12.1. The molecular weight excluding hydrogens is 1010 g/mol. The van der Waals surface area contributed by atoms with Gasteiger partial charge in [0.1, 0.15) is 11.6 Å². The summed E-state index contributed by atoms with van der Waals surface area (Å²) in [6, 6.07) is 53.3. The number of nitrogens with zero attached hydrogens (tertiary/aromatic N) is 3. The van der Waals surface area contributed by atoms with Gasteiger partial charge in [-0.3, -0.25) is 9.55 Å². The Bertz CT molecular complexity index is 3440. The zero-order valence-corrected chi connectivity index (χ0v) is 43.3. The summed E-state index contributed by atoms with van der Waals surface area (Å²) in [5.74, 6) is 0.528. The van der Waals surface area contributed by atoms with Crippen LogP contribution in [0.15, 0.2) is 152 Å². The van der Waals surface area contributed by atoms with Gasteiger partial charge in [0.25, 0.3) is 0 Å².